The molecule has 186 valence electrons. The molecule has 0 bridgehead atoms. The summed E-state index contributed by atoms with van der Waals surface area (Å²) in [7, 11) is 1.99. The second-order valence-electron chi connectivity index (χ2n) is 11.1. The Morgan fingerprint density at radius 3 is 2.75 bits per heavy atom. The van der Waals surface area contributed by atoms with Gasteiger partial charge in [0.15, 0.2) is 0 Å². The first kappa shape index (κ1) is 22.9. The molecule has 1 amide bonds. The van der Waals surface area contributed by atoms with Crippen LogP contribution >= 0.6 is 0 Å². The van der Waals surface area contributed by atoms with Crippen LogP contribution in [0.4, 0.5) is 5.69 Å². The van der Waals surface area contributed by atoms with Crippen molar-refractivity contribution in [1.82, 2.24) is 29.5 Å². The topological polar surface area (TPSA) is 89.1 Å². The first-order chi connectivity index (χ1) is 17.4. The first-order valence-electron chi connectivity index (χ1n) is 12.8. The van der Waals surface area contributed by atoms with E-state index >= 15 is 0 Å². The maximum atomic E-state index is 13.5. The Bertz CT molecular complexity index is 1420. The molecule has 1 aromatic carbocycles. The predicted molar refractivity (Wildman–Crippen MR) is 139 cm³/mol. The zero-order valence-electron chi connectivity index (χ0n) is 21.2. The number of amides is 1. The second kappa shape index (κ2) is 8.55. The van der Waals surface area contributed by atoms with Crippen LogP contribution in [0.3, 0.4) is 0 Å². The van der Waals surface area contributed by atoms with Crippen molar-refractivity contribution in [2.75, 3.05) is 5.32 Å². The van der Waals surface area contributed by atoms with Crippen LogP contribution in [-0.2, 0) is 19.0 Å². The molecular formula is C28H33N7O. The van der Waals surface area contributed by atoms with Crippen molar-refractivity contribution < 1.29 is 4.79 Å². The number of benzene rings is 1. The largest absolute Gasteiger partial charge is 0.322 e. The summed E-state index contributed by atoms with van der Waals surface area (Å²) in [5.41, 5.74) is 4.25. The normalized spacial score (nSPS) is 22.7. The minimum absolute atomic E-state index is 0.158. The molecule has 8 heteroatoms. The number of aromatic nitrogens is 5. The quantitative estimate of drug-likeness (QED) is 0.405. The van der Waals surface area contributed by atoms with Crippen molar-refractivity contribution in [2.24, 2.45) is 13.0 Å². The van der Waals surface area contributed by atoms with Gasteiger partial charge in [-0.2, -0.15) is 0 Å². The van der Waals surface area contributed by atoms with Crippen LogP contribution in [0.1, 0.15) is 73.3 Å². The Morgan fingerprint density at radius 2 is 2.06 bits per heavy atom. The number of hydrogen-bond acceptors (Lipinski definition) is 5. The molecule has 2 saturated carbocycles. The SMILES string of the molecule is CC1CC(c2cccc(NC(=O)c3cc(CNC4(C)CCC4)cn4ccnc34)c2)(c2nncn2C)C1. The number of carbonyl (C=O) groups is 1. The molecule has 0 atom stereocenters. The van der Waals surface area contributed by atoms with Gasteiger partial charge in [0.05, 0.1) is 11.0 Å². The van der Waals surface area contributed by atoms with Gasteiger partial charge in [0.25, 0.3) is 5.91 Å². The van der Waals surface area contributed by atoms with Crippen molar-refractivity contribution in [3.63, 3.8) is 0 Å². The molecule has 4 aromatic rings. The van der Waals surface area contributed by atoms with E-state index < -0.39 is 0 Å². The van der Waals surface area contributed by atoms with Crippen molar-refractivity contribution in [2.45, 2.75) is 63.5 Å². The average molecular weight is 484 g/mol. The van der Waals surface area contributed by atoms with E-state index in [0.717, 1.165) is 42.0 Å². The summed E-state index contributed by atoms with van der Waals surface area (Å²) >= 11 is 0. The number of aryl methyl sites for hydroxylation is 1. The van der Waals surface area contributed by atoms with Gasteiger partial charge in [0.1, 0.15) is 17.8 Å². The number of carbonyl (C=O) groups excluding carboxylic acids is 1. The molecule has 0 unspecified atom stereocenters. The predicted octanol–water partition coefficient (Wildman–Crippen LogP) is 4.46. The summed E-state index contributed by atoms with van der Waals surface area (Å²) < 4.78 is 3.94. The smallest absolute Gasteiger partial charge is 0.259 e. The van der Waals surface area contributed by atoms with Gasteiger partial charge in [0.2, 0.25) is 0 Å². The van der Waals surface area contributed by atoms with Crippen LogP contribution in [0.25, 0.3) is 5.65 Å². The lowest BCUT2D eigenvalue weighted by Gasteiger charge is -2.46. The standard InChI is InChI=1S/C28H33N7O/c1-19-14-28(15-19,26-33-31-18-34(26)3)21-6-4-7-22(13-21)32-25(36)23-12-20(16-30-27(2)8-5-9-27)17-35-11-10-29-24(23)35/h4,6-7,10-13,17-19,30H,5,8-9,14-16H2,1-3H3,(H,32,36). The van der Waals surface area contributed by atoms with Gasteiger partial charge < -0.3 is 19.6 Å². The minimum Gasteiger partial charge on any atom is -0.322 e. The number of pyridine rings is 1. The van der Waals surface area contributed by atoms with E-state index in [-0.39, 0.29) is 16.9 Å². The lowest BCUT2D eigenvalue weighted by atomic mass is 9.58. The van der Waals surface area contributed by atoms with Crippen molar-refractivity contribution in [3.05, 3.63) is 77.8 Å². The van der Waals surface area contributed by atoms with E-state index in [1.54, 1.807) is 12.5 Å². The summed E-state index contributed by atoms with van der Waals surface area (Å²) in [6, 6.07) is 10.1. The van der Waals surface area contributed by atoms with Crippen LogP contribution in [-0.4, -0.2) is 35.6 Å². The summed E-state index contributed by atoms with van der Waals surface area (Å²) in [5, 5.41) is 15.4. The Balaban J connectivity index is 1.27. The molecule has 2 aliphatic carbocycles. The second-order valence-corrected chi connectivity index (χ2v) is 11.1. The highest BCUT2D eigenvalue weighted by Gasteiger charge is 2.48. The number of imidazole rings is 1. The fraction of sp³-hybridized carbons (Fsp3) is 0.429. The van der Waals surface area contributed by atoms with Crippen LogP contribution in [0.5, 0.6) is 0 Å². The third-order valence-electron chi connectivity index (χ3n) is 8.17. The monoisotopic (exact) mass is 483 g/mol. The fourth-order valence-electron chi connectivity index (χ4n) is 6.04. The van der Waals surface area contributed by atoms with Crippen LogP contribution < -0.4 is 10.6 Å². The molecule has 3 heterocycles. The number of rotatable bonds is 7. The van der Waals surface area contributed by atoms with Gasteiger partial charge in [-0.25, -0.2) is 4.98 Å². The Hall–Kier alpha value is -3.52. The number of hydrogen-bond donors (Lipinski definition) is 2. The zero-order valence-corrected chi connectivity index (χ0v) is 21.2. The highest BCUT2D eigenvalue weighted by Crippen LogP contribution is 2.51. The summed E-state index contributed by atoms with van der Waals surface area (Å²) in [4.78, 5) is 18.0. The van der Waals surface area contributed by atoms with E-state index in [1.165, 1.54) is 19.3 Å². The zero-order chi connectivity index (χ0) is 24.9. The number of nitrogens with zero attached hydrogens (tertiary/aromatic N) is 5. The minimum atomic E-state index is -0.176. The molecule has 2 aliphatic rings. The van der Waals surface area contributed by atoms with Gasteiger partial charge in [-0.05, 0) is 74.3 Å². The van der Waals surface area contributed by atoms with E-state index in [0.29, 0.717) is 17.1 Å². The molecule has 36 heavy (non-hydrogen) atoms. The van der Waals surface area contributed by atoms with E-state index in [1.807, 2.05) is 40.4 Å². The molecule has 0 aliphatic heterocycles. The molecule has 3 aromatic heterocycles. The summed E-state index contributed by atoms with van der Waals surface area (Å²) in [6.07, 6.45) is 13.1. The van der Waals surface area contributed by atoms with E-state index in [2.05, 4.69) is 58.0 Å². The molecule has 6 rings (SSSR count). The highest BCUT2D eigenvalue weighted by atomic mass is 16.1. The van der Waals surface area contributed by atoms with E-state index in [9.17, 15) is 4.79 Å². The maximum Gasteiger partial charge on any atom is 0.259 e. The maximum absolute atomic E-state index is 13.5. The Labute approximate surface area is 211 Å². The van der Waals surface area contributed by atoms with Crippen LogP contribution in [0.2, 0.25) is 0 Å². The van der Waals surface area contributed by atoms with E-state index in [4.69, 9.17) is 0 Å². The van der Waals surface area contributed by atoms with Crippen LogP contribution in [0, 0.1) is 5.92 Å². The third-order valence-corrected chi connectivity index (χ3v) is 8.17. The van der Waals surface area contributed by atoms with Gasteiger partial charge in [-0.1, -0.05) is 19.1 Å². The molecule has 0 saturated heterocycles. The number of nitrogens with one attached hydrogen (secondary N) is 2. The van der Waals surface area contributed by atoms with Crippen molar-refractivity contribution >= 4 is 17.2 Å². The van der Waals surface area contributed by atoms with Crippen molar-refractivity contribution in [3.8, 4) is 0 Å². The van der Waals surface area contributed by atoms with Crippen molar-refractivity contribution in [1.29, 1.82) is 0 Å². The number of fused-ring (bicyclic) bond motifs is 1. The van der Waals surface area contributed by atoms with Gasteiger partial charge >= 0.3 is 0 Å². The lowest BCUT2D eigenvalue weighted by molar-refractivity contribution is 0.102. The molecule has 0 radical (unpaired) electrons. The lowest BCUT2D eigenvalue weighted by Crippen LogP contribution is -2.47. The summed E-state index contributed by atoms with van der Waals surface area (Å²) in [6.45, 7) is 5.26. The van der Waals surface area contributed by atoms with Crippen LogP contribution in [0.15, 0.2) is 55.2 Å². The Kier molecular flexibility index (Phi) is 5.44. The van der Waals surface area contributed by atoms with Gasteiger partial charge in [-0.3, -0.25) is 4.79 Å². The Morgan fingerprint density at radius 1 is 1.22 bits per heavy atom. The average Bonchev–Trinajstić information content (AvgIpc) is 3.48. The fourth-order valence-corrected chi connectivity index (χ4v) is 6.04. The van der Waals surface area contributed by atoms with Gasteiger partial charge in [-0.15, -0.1) is 10.2 Å². The highest BCUT2D eigenvalue weighted by molar-refractivity contribution is 6.08. The first-order valence-corrected chi connectivity index (χ1v) is 12.8. The van der Waals surface area contributed by atoms with Gasteiger partial charge in [0, 0.05) is 43.4 Å². The molecule has 2 N–H and O–H groups in total. The molecule has 8 nitrogen and oxygen atoms in total. The third kappa shape index (κ3) is 3.89. The number of anilines is 1. The molecule has 0 spiro atoms. The molecular weight excluding hydrogens is 450 g/mol. The molecule has 2 fully saturated rings. The summed E-state index contributed by atoms with van der Waals surface area (Å²) in [5.74, 6) is 1.44.